The second-order valence-corrected chi connectivity index (χ2v) is 5.71. The van der Waals surface area contributed by atoms with Crippen molar-refractivity contribution < 1.29 is 23.8 Å². The molecule has 0 aliphatic carbocycles. The molecule has 0 spiro atoms. The number of carbonyl (C=O) groups excluding carboxylic acids is 2. The minimum atomic E-state index is -0.724. The van der Waals surface area contributed by atoms with Gasteiger partial charge in [0.2, 0.25) is 0 Å². The van der Waals surface area contributed by atoms with Crippen LogP contribution in [0.25, 0.3) is 0 Å². The van der Waals surface area contributed by atoms with Crippen molar-refractivity contribution in [2.45, 2.75) is 13.0 Å². The van der Waals surface area contributed by atoms with Crippen LogP contribution in [0.5, 0.6) is 11.5 Å². The maximum atomic E-state index is 12.2. The molecule has 2 amide bonds. The van der Waals surface area contributed by atoms with Crippen LogP contribution in [-0.2, 0) is 9.53 Å². The first-order chi connectivity index (χ1) is 10.9. The van der Waals surface area contributed by atoms with E-state index in [1.807, 2.05) is 0 Å². The SMILES string of the molecule is COC(=O)C1=C(C)NC(=O)NC1c1cc(Br)cc(OC)c1OC. The number of hydrogen-bond acceptors (Lipinski definition) is 5. The molecule has 0 bridgehead atoms. The zero-order valence-electron chi connectivity index (χ0n) is 13.2. The van der Waals surface area contributed by atoms with Gasteiger partial charge in [-0.15, -0.1) is 0 Å². The molecule has 1 aromatic rings. The Hall–Kier alpha value is -2.22. The Balaban J connectivity index is 2.67. The summed E-state index contributed by atoms with van der Waals surface area (Å²) in [5, 5.41) is 5.29. The standard InChI is InChI=1S/C15H17BrN2O5/c1-7-11(14(19)23-4)12(18-15(20)17-7)9-5-8(16)6-10(21-2)13(9)22-3/h5-6,12H,1-4H3,(H2,17,18,20). The predicted molar refractivity (Wildman–Crippen MR) is 86.4 cm³/mol. The Bertz CT molecular complexity index is 687. The third-order valence-corrected chi connectivity index (χ3v) is 3.92. The number of rotatable bonds is 4. The maximum Gasteiger partial charge on any atom is 0.337 e. The lowest BCUT2D eigenvalue weighted by molar-refractivity contribution is -0.136. The van der Waals surface area contributed by atoms with Crippen molar-refractivity contribution in [2.75, 3.05) is 21.3 Å². The van der Waals surface area contributed by atoms with Crippen molar-refractivity contribution in [2.24, 2.45) is 0 Å². The summed E-state index contributed by atoms with van der Waals surface area (Å²) in [4.78, 5) is 24.0. The van der Waals surface area contributed by atoms with Gasteiger partial charge in [-0.2, -0.15) is 0 Å². The lowest BCUT2D eigenvalue weighted by Gasteiger charge is -2.29. The average molecular weight is 385 g/mol. The largest absolute Gasteiger partial charge is 0.493 e. The van der Waals surface area contributed by atoms with Gasteiger partial charge in [-0.3, -0.25) is 0 Å². The number of esters is 1. The zero-order valence-corrected chi connectivity index (χ0v) is 14.7. The highest BCUT2D eigenvalue weighted by Gasteiger charge is 2.34. The highest BCUT2D eigenvalue weighted by Crippen LogP contribution is 2.41. The van der Waals surface area contributed by atoms with Crippen LogP contribution in [0.3, 0.4) is 0 Å². The van der Waals surface area contributed by atoms with Gasteiger partial charge < -0.3 is 24.8 Å². The number of carbonyl (C=O) groups is 2. The molecule has 1 heterocycles. The Morgan fingerprint density at radius 2 is 1.91 bits per heavy atom. The molecule has 0 fully saturated rings. The molecular weight excluding hydrogens is 368 g/mol. The van der Waals surface area contributed by atoms with Crippen LogP contribution in [0.2, 0.25) is 0 Å². The fourth-order valence-electron chi connectivity index (χ4n) is 2.48. The van der Waals surface area contributed by atoms with E-state index in [1.165, 1.54) is 21.3 Å². The highest BCUT2D eigenvalue weighted by atomic mass is 79.9. The molecule has 0 aromatic heterocycles. The van der Waals surface area contributed by atoms with Crippen LogP contribution in [0.4, 0.5) is 4.79 Å². The minimum absolute atomic E-state index is 0.297. The van der Waals surface area contributed by atoms with Crippen molar-refractivity contribution in [3.63, 3.8) is 0 Å². The van der Waals surface area contributed by atoms with E-state index in [0.29, 0.717) is 28.3 Å². The second-order valence-electron chi connectivity index (χ2n) is 4.79. The summed E-state index contributed by atoms with van der Waals surface area (Å²) in [5.41, 5.74) is 1.30. The number of ether oxygens (including phenoxy) is 3. The van der Waals surface area contributed by atoms with E-state index in [9.17, 15) is 9.59 Å². The quantitative estimate of drug-likeness (QED) is 0.777. The number of amides is 2. The maximum absolute atomic E-state index is 12.2. The molecular formula is C15H17BrN2O5. The van der Waals surface area contributed by atoms with Crippen LogP contribution in [0.15, 0.2) is 27.9 Å². The van der Waals surface area contributed by atoms with Crippen LogP contribution in [-0.4, -0.2) is 33.3 Å². The van der Waals surface area contributed by atoms with E-state index < -0.39 is 18.0 Å². The summed E-state index contributed by atoms with van der Waals surface area (Å²) in [7, 11) is 4.29. The average Bonchev–Trinajstić information content (AvgIpc) is 2.52. The third kappa shape index (κ3) is 3.26. The molecule has 1 aromatic carbocycles. The summed E-state index contributed by atoms with van der Waals surface area (Å²) in [5.74, 6) is 0.365. The van der Waals surface area contributed by atoms with Gasteiger partial charge in [0.1, 0.15) is 0 Å². The Kier molecular flexibility index (Phi) is 5.15. The molecule has 0 saturated carbocycles. The number of halogens is 1. The molecule has 7 nitrogen and oxygen atoms in total. The van der Waals surface area contributed by atoms with E-state index >= 15 is 0 Å². The molecule has 1 aliphatic heterocycles. The van der Waals surface area contributed by atoms with E-state index in [-0.39, 0.29) is 0 Å². The lowest BCUT2D eigenvalue weighted by atomic mass is 9.94. The van der Waals surface area contributed by atoms with E-state index in [1.54, 1.807) is 19.1 Å². The zero-order chi connectivity index (χ0) is 17.1. The van der Waals surface area contributed by atoms with Crippen LogP contribution < -0.4 is 20.1 Å². The summed E-state index contributed by atoms with van der Waals surface area (Å²) in [6.45, 7) is 1.64. The normalized spacial score (nSPS) is 17.3. The van der Waals surface area contributed by atoms with Gasteiger partial charge in [0.05, 0.1) is 32.9 Å². The highest BCUT2D eigenvalue weighted by molar-refractivity contribution is 9.10. The van der Waals surface area contributed by atoms with Gasteiger partial charge in [-0.05, 0) is 19.1 Å². The first-order valence-corrected chi connectivity index (χ1v) is 7.50. The first kappa shape index (κ1) is 17.1. The molecule has 8 heteroatoms. The van der Waals surface area contributed by atoms with Gasteiger partial charge in [0.25, 0.3) is 0 Å². The van der Waals surface area contributed by atoms with E-state index in [4.69, 9.17) is 14.2 Å². The van der Waals surface area contributed by atoms with Gasteiger partial charge >= 0.3 is 12.0 Å². The number of benzene rings is 1. The topological polar surface area (TPSA) is 85.9 Å². The molecule has 2 N–H and O–H groups in total. The van der Waals surface area contributed by atoms with E-state index in [0.717, 1.165) is 4.47 Å². The summed E-state index contributed by atoms with van der Waals surface area (Å²) in [6.07, 6.45) is 0. The van der Waals surface area contributed by atoms with Gasteiger partial charge in [-0.1, -0.05) is 15.9 Å². The molecule has 1 unspecified atom stereocenters. The monoisotopic (exact) mass is 384 g/mol. The number of methoxy groups -OCH3 is 3. The Labute approximate surface area is 142 Å². The van der Waals surface area contributed by atoms with Gasteiger partial charge in [-0.25, -0.2) is 9.59 Å². The fraction of sp³-hybridized carbons (Fsp3) is 0.333. The molecule has 0 radical (unpaired) electrons. The van der Waals surface area contributed by atoms with Crippen molar-refractivity contribution in [3.8, 4) is 11.5 Å². The van der Waals surface area contributed by atoms with Crippen molar-refractivity contribution in [1.29, 1.82) is 0 Å². The Morgan fingerprint density at radius 3 is 2.48 bits per heavy atom. The third-order valence-electron chi connectivity index (χ3n) is 3.46. The summed E-state index contributed by atoms with van der Waals surface area (Å²) >= 11 is 3.39. The summed E-state index contributed by atoms with van der Waals surface area (Å²) < 4.78 is 16.3. The van der Waals surface area contributed by atoms with Gasteiger partial charge in [0.15, 0.2) is 11.5 Å². The van der Waals surface area contributed by atoms with Crippen LogP contribution in [0.1, 0.15) is 18.5 Å². The lowest BCUT2D eigenvalue weighted by Crippen LogP contribution is -2.45. The van der Waals surface area contributed by atoms with Crippen molar-refractivity contribution in [1.82, 2.24) is 10.6 Å². The molecule has 124 valence electrons. The second kappa shape index (κ2) is 6.91. The molecule has 1 atom stereocenters. The summed E-state index contributed by atoms with van der Waals surface area (Å²) in [6, 6.07) is 2.35. The van der Waals surface area contributed by atoms with Crippen LogP contribution in [0, 0.1) is 0 Å². The fourth-order valence-corrected chi connectivity index (χ4v) is 2.94. The molecule has 0 saturated heterocycles. The van der Waals surface area contributed by atoms with Gasteiger partial charge in [0, 0.05) is 15.7 Å². The first-order valence-electron chi connectivity index (χ1n) is 6.71. The predicted octanol–water partition coefficient (Wildman–Crippen LogP) is 2.27. The minimum Gasteiger partial charge on any atom is -0.493 e. The number of nitrogens with one attached hydrogen (secondary N) is 2. The number of allylic oxidation sites excluding steroid dienone is 1. The number of urea groups is 1. The smallest absolute Gasteiger partial charge is 0.337 e. The van der Waals surface area contributed by atoms with E-state index in [2.05, 4.69) is 26.6 Å². The molecule has 23 heavy (non-hydrogen) atoms. The van der Waals surface area contributed by atoms with Crippen molar-refractivity contribution in [3.05, 3.63) is 33.4 Å². The van der Waals surface area contributed by atoms with Crippen molar-refractivity contribution >= 4 is 27.9 Å². The number of hydrogen-bond donors (Lipinski definition) is 2. The molecule has 2 rings (SSSR count). The molecule has 1 aliphatic rings. The van der Waals surface area contributed by atoms with Crippen LogP contribution >= 0.6 is 15.9 Å². The Morgan fingerprint density at radius 1 is 1.22 bits per heavy atom.